The second-order valence-corrected chi connectivity index (χ2v) is 8.74. The molecule has 0 saturated heterocycles. The van der Waals surface area contributed by atoms with Gasteiger partial charge in [0.2, 0.25) is 5.82 Å². The number of amidine groups is 1. The van der Waals surface area contributed by atoms with Crippen molar-refractivity contribution < 1.29 is 4.79 Å². The van der Waals surface area contributed by atoms with Crippen LogP contribution in [0.4, 0.5) is 0 Å². The van der Waals surface area contributed by atoms with Crippen molar-refractivity contribution in [2.75, 3.05) is 0 Å². The number of hydrogen-bond acceptors (Lipinski definition) is 5. The highest BCUT2D eigenvalue weighted by Gasteiger charge is 2.47. The van der Waals surface area contributed by atoms with Crippen LogP contribution in [0, 0.1) is 0 Å². The van der Waals surface area contributed by atoms with E-state index >= 15 is 0 Å². The summed E-state index contributed by atoms with van der Waals surface area (Å²) in [5.41, 5.74) is 3.56. The van der Waals surface area contributed by atoms with Crippen molar-refractivity contribution in [1.82, 2.24) is 25.5 Å². The van der Waals surface area contributed by atoms with E-state index in [0.29, 0.717) is 12.4 Å². The van der Waals surface area contributed by atoms with E-state index in [1.165, 1.54) is 6.42 Å². The highest BCUT2D eigenvalue weighted by molar-refractivity contribution is 6.12. The standard InChI is InChI=1S/C26H28N6O/c1-2-3-11-23-27-26(16-7-4-8-17-26)25(33)32(23)18-19-12-14-20(15-13-19)21-9-5-6-10-22(21)24-28-30-31-29-24/h3,5-6,9-15H,2,4,7-8,16-18H2,1H3,(H,28,29,30,31). The number of aromatic amines is 1. The van der Waals surface area contributed by atoms with Gasteiger partial charge in [-0.3, -0.25) is 14.7 Å². The molecule has 0 unspecified atom stereocenters. The van der Waals surface area contributed by atoms with Crippen molar-refractivity contribution in [3.05, 3.63) is 66.2 Å². The number of allylic oxidation sites excluding steroid dienone is 1. The first kappa shape index (κ1) is 21.2. The van der Waals surface area contributed by atoms with Crippen molar-refractivity contribution >= 4 is 11.7 Å². The first-order chi connectivity index (χ1) is 16.2. The van der Waals surface area contributed by atoms with Gasteiger partial charge in [0.1, 0.15) is 11.4 Å². The van der Waals surface area contributed by atoms with Crippen LogP contribution in [0.5, 0.6) is 0 Å². The molecule has 1 N–H and O–H groups in total. The lowest BCUT2D eigenvalue weighted by molar-refractivity contribution is -0.132. The molecule has 0 radical (unpaired) electrons. The van der Waals surface area contributed by atoms with Gasteiger partial charge in [0.15, 0.2) is 0 Å². The van der Waals surface area contributed by atoms with Crippen LogP contribution >= 0.6 is 0 Å². The fourth-order valence-corrected chi connectivity index (χ4v) is 4.83. The zero-order valence-corrected chi connectivity index (χ0v) is 18.9. The maximum absolute atomic E-state index is 13.5. The van der Waals surface area contributed by atoms with Gasteiger partial charge in [-0.2, -0.15) is 5.21 Å². The molecule has 0 atom stereocenters. The van der Waals surface area contributed by atoms with Gasteiger partial charge in [-0.25, -0.2) is 0 Å². The number of aromatic nitrogens is 4. The van der Waals surface area contributed by atoms with E-state index in [-0.39, 0.29) is 5.91 Å². The normalized spacial score (nSPS) is 17.8. The first-order valence-electron chi connectivity index (χ1n) is 11.7. The Balaban J connectivity index is 1.40. The molecule has 5 rings (SSSR count). The lowest BCUT2D eigenvalue weighted by Crippen LogP contribution is -2.43. The number of hydrogen-bond donors (Lipinski definition) is 1. The zero-order chi connectivity index (χ0) is 22.7. The molecule has 1 aliphatic carbocycles. The van der Waals surface area contributed by atoms with Crippen LogP contribution in [0.1, 0.15) is 51.0 Å². The zero-order valence-electron chi connectivity index (χ0n) is 18.9. The molecular formula is C26H28N6O. The third-order valence-corrected chi connectivity index (χ3v) is 6.55. The summed E-state index contributed by atoms with van der Waals surface area (Å²) in [5.74, 6) is 1.53. The number of benzene rings is 2. The van der Waals surface area contributed by atoms with E-state index in [0.717, 1.165) is 60.2 Å². The Morgan fingerprint density at radius 2 is 1.79 bits per heavy atom. The number of carbonyl (C=O) groups is 1. The summed E-state index contributed by atoms with van der Waals surface area (Å²) in [6.45, 7) is 2.62. The summed E-state index contributed by atoms with van der Waals surface area (Å²) >= 11 is 0. The molecule has 1 amide bonds. The Hall–Kier alpha value is -3.61. The van der Waals surface area contributed by atoms with Gasteiger partial charge in [-0.05, 0) is 47.2 Å². The van der Waals surface area contributed by atoms with E-state index in [4.69, 9.17) is 4.99 Å². The van der Waals surface area contributed by atoms with E-state index in [1.807, 2.05) is 29.2 Å². The molecule has 1 fully saturated rings. The van der Waals surface area contributed by atoms with Gasteiger partial charge in [0.25, 0.3) is 5.91 Å². The summed E-state index contributed by atoms with van der Waals surface area (Å²) in [7, 11) is 0. The Labute approximate surface area is 193 Å². The van der Waals surface area contributed by atoms with Crippen molar-refractivity contribution in [2.24, 2.45) is 4.99 Å². The van der Waals surface area contributed by atoms with Crippen LogP contribution in [0.25, 0.3) is 22.5 Å². The SMILES string of the molecule is CCC=CC1=NC2(CCCCC2)C(=O)N1Cc1ccc(-c2ccccc2-c2nn[nH]n2)cc1. The largest absolute Gasteiger partial charge is 0.290 e. The van der Waals surface area contributed by atoms with Gasteiger partial charge in [0, 0.05) is 5.56 Å². The van der Waals surface area contributed by atoms with Crippen LogP contribution in [0.3, 0.4) is 0 Å². The Morgan fingerprint density at radius 3 is 2.48 bits per heavy atom. The predicted octanol–water partition coefficient (Wildman–Crippen LogP) is 4.94. The number of nitrogens with one attached hydrogen (secondary N) is 1. The number of carbonyl (C=O) groups excluding carboxylic acids is 1. The molecule has 2 aromatic carbocycles. The molecule has 3 aromatic rings. The number of aliphatic imine (C=N–C) groups is 1. The summed E-state index contributed by atoms with van der Waals surface area (Å²) in [6.07, 6.45) is 10.1. The molecule has 7 heteroatoms. The lowest BCUT2D eigenvalue weighted by Gasteiger charge is -2.29. The van der Waals surface area contributed by atoms with Crippen LogP contribution in [-0.4, -0.2) is 42.8 Å². The van der Waals surface area contributed by atoms with Gasteiger partial charge in [-0.1, -0.05) is 80.8 Å². The van der Waals surface area contributed by atoms with Gasteiger partial charge < -0.3 is 0 Å². The molecule has 2 heterocycles. The molecule has 168 valence electrons. The second kappa shape index (κ2) is 9.10. The quantitative estimate of drug-likeness (QED) is 0.588. The fourth-order valence-electron chi connectivity index (χ4n) is 4.83. The highest BCUT2D eigenvalue weighted by atomic mass is 16.2. The molecule has 1 aliphatic heterocycles. The van der Waals surface area contributed by atoms with E-state index in [2.05, 4.69) is 64.0 Å². The van der Waals surface area contributed by atoms with E-state index < -0.39 is 5.54 Å². The van der Waals surface area contributed by atoms with Crippen LogP contribution in [0.2, 0.25) is 0 Å². The summed E-state index contributed by atoms with van der Waals surface area (Å²) in [4.78, 5) is 20.3. The van der Waals surface area contributed by atoms with E-state index in [1.54, 1.807) is 0 Å². The summed E-state index contributed by atoms with van der Waals surface area (Å²) < 4.78 is 0. The van der Waals surface area contributed by atoms with Crippen LogP contribution in [-0.2, 0) is 11.3 Å². The molecule has 0 bridgehead atoms. The Morgan fingerprint density at radius 1 is 1.03 bits per heavy atom. The first-order valence-corrected chi connectivity index (χ1v) is 11.7. The monoisotopic (exact) mass is 440 g/mol. The van der Waals surface area contributed by atoms with Crippen molar-refractivity contribution in [3.8, 4) is 22.5 Å². The molecule has 1 saturated carbocycles. The third kappa shape index (κ3) is 4.11. The fraction of sp³-hybridized carbons (Fsp3) is 0.346. The molecule has 33 heavy (non-hydrogen) atoms. The smallest absolute Gasteiger partial charge is 0.256 e. The maximum atomic E-state index is 13.5. The average molecular weight is 441 g/mol. The minimum absolute atomic E-state index is 0.157. The van der Waals surface area contributed by atoms with Gasteiger partial charge in [0.05, 0.1) is 6.54 Å². The minimum atomic E-state index is -0.546. The molecule has 7 nitrogen and oxygen atoms in total. The van der Waals surface area contributed by atoms with Crippen molar-refractivity contribution in [2.45, 2.75) is 57.5 Å². The molecular weight excluding hydrogens is 412 g/mol. The van der Waals surface area contributed by atoms with Gasteiger partial charge >= 0.3 is 0 Å². The van der Waals surface area contributed by atoms with Gasteiger partial charge in [-0.15, -0.1) is 10.2 Å². The van der Waals surface area contributed by atoms with E-state index in [9.17, 15) is 4.79 Å². The third-order valence-electron chi connectivity index (χ3n) is 6.55. The maximum Gasteiger partial charge on any atom is 0.256 e. The number of rotatable bonds is 6. The molecule has 2 aliphatic rings. The number of nitrogens with zero attached hydrogens (tertiary/aromatic N) is 5. The Kier molecular flexibility index (Phi) is 5.86. The summed E-state index contributed by atoms with van der Waals surface area (Å²) in [6, 6.07) is 16.4. The lowest BCUT2D eigenvalue weighted by atomic mass is 9.82. The van der Waals surface area contributed by atoms with Crippen LogP contribution < -0.4 is 0 Å². The highest BCUT2D eigenvalue weighted by Crippen LogP contribution is 2.38. The number of tetrazole rings is 1. The molecule has 1 spiro atoms. The second-order valence-electron chi connectivity index (χ2n) is 8.74. The topological polar surface area (TPSA) is 87.1 Å². The predicted molar refractivity (Wildman–Crippen MR) is 128 cm³/mol. The van der Waals surface area contributed by atoms with Crippen molar-refractivity contribution in [3.63, 3.8) is 0 Å². The molecule has 1 aromatic heterocycles. The minimum Gasteiger partial charge on any atom is -0.290 e. The van der Waals surface area contributed by atoms with Crippen molar-refractivity contribution in [1.29, 1.82) is 0 Å². The number of H-pyrrole nitrogens is 1. The number of amides is 1. The van der Waals surface area contributed by atoms with Crippen LogP contribution in [0.15, 0.2) is 65.7 Å². The average Bonchev–Trinajstić information content (AvgIpc) is 3.48. The summed E-state index contributed by atoms with van der Waals surface area (Å²) in [5, 5.41) is 14.5. The Bertz CT molecular complexity index is 1170.